The van der Waals surface area contributed by atoms with Crippen LogP contribution in [0.25, 0.3) is 11.3 Å². The summed E-state index contributed by atoms with van der Waals surface area (Å²) in [5.74, 6) is -0.483. The Bertz CT molecular complexity index is 993. The smallest absolute Gasteiger partial charge is 0.260 e. The largest absolute Gasteiger partial charge is 0.350 e. The molecule has 0 aliphatic rings. The number of carbonyl (C=O) groups is 1. The molecular formula is C18H16N4O3. The van der Waals surface area contributed by atoms with Crippen molar-refractivity contribution in [1.29, 1.82) is 0 Å². The summed E-state index contributed by atoms with van der Waals surface area (Å²) in [6, 6.07) is 13.9. The van der Waals surface area contributed by atoms with Crippen molar-refractivity contribution in [2.45, 2.75) is 6.54 Å². The molecule has 3 rings (SSSR count). The van der Waals surface area contributed by atoms with E-state index in [0.29, 0.717) is 5.69 Å². The Labute approximate surface area is 143 Å². The predicted molar refractivity (Wildman–Crippen MR) is 93.3 cm³/mol. The molecule has 3 aromatic rings. The van der Waals surface area contributed by atoms with Crippen LogP contribution in [0.5, 0.6) is 0 Å². The minimum atomic E-state index is -0.483. The molecule has 2 aromatic heterocycles. The number of rotatable bonds is 5. The molecule has 0 saturated heterocycles. The second kappa shape index (κ2) is 7.39. The molecule has 2 N–H and O–H groups in total. The monoisotopic (exact) mass is 336 g/mol. The molecule has 0 atom stereocenters. The van der Waals surface area contributed by atoms with Crippen molar-refractivity contribution < 1.29 is 4.79 Å². The fraction of sp³-hybridized carbons (Fsp3) is 0.111. The summed E-state index contributed by atoms with van der Waals surface area (Å²) in [5.41, 5.74) is 0.837. The van der Waals surface area contributed by atoms with Gasteiger partial charge in [0, 0.05) is 30.9 Å². The molecule has 1 aromatic carbocycles. The van der Waals surface area contributed by atoms with Gasteiger partial charge in [0.1, 0.15) is 5.56 Å². The molecule has 7 nitrogen and oxygen atoms in total. The lowest BCUT2D eigenvalue weighted by Crippen LogP contribution is -2.33. The molecule has 0 spiro atoms. The number of aromatic amines is 1. The van der Waals surface area contributed by atoms with Gasteiger partial charge in [-0.15, -0.1) is 0 Å². The summed E-state index contributed by atoms with van der Waals surface area (Å²) in [6.45, 7) is 0.469. The second-order valence-corrected chi connectivity index (χ2v) is 5.34. The van der Waals surface area contributed by atoms with E-state index in [9.17, 15) is 14.4 Å². The lowest BCUT2D eigenvalue weighted by Gasteiger charge is -2.08. The molecule has 1 amide bonds. The van der Waals surface area contributed by atoms with Gasteiger partial charge in [0.2, 0.25) is 0 Å². The number of pyridine rings is 1. The summed E-state index contributed by atoms with van der Waals surface area (Å²) in [5, 5.41) is 2.62. The molecule has 0 aliphatic heterocycles. The van der Waals surface area contributed by atoms with E-state index in [1.54, 1.807) is 6.07 Å². The first-order valence-corrected chi connectivity index (χ1v) is 7.73. The Kier molecular flexibility index (Phi) is 4.84. The average molecular weight is 336 g/mol. The van der Waals surface area contributed by atoms with Crippen LogP contribution in [0.15, 0.2) is 70.6 Å². The van der Waals surface area contributed by atoms with Crippen molar-refractivity contribution in [3.8, 4) is 11.3 Å². The number of amides is 1. The van der Waals surface area contributed by atoms with E-state index in [2.05, 4.69) is 15.3 Å². The van der Waals surface area contributed by atoms with E-state index >= 15 is 0 Å². The van der Waals surface area contributed by atoms with Gasteiger partial charge in [-0.3, -0.25) is 19.0 Å². The van der Waals surface area contributed by atoms with Gasteiger partial charge in [-0.05, 0) is 12.1 Å². The molecule has 0 bridgehead atoms. The van der Waals surface area contributed by atoms with Gasteiger partial charge in [-0.1, -0.05) is 30.3 Å². The van der Waals surface area contributed by atoms with Crippen molar-refractivity contribution >= 4 is 5.91 Å². The molecular weight excluding hydrogens is 320 g/mol. The molecule has 0 unspecified atom stereocenters. The number of nitrogens with one attached hydrogen (secondary N) is 2. The van der Waals surface area contributed by atoms with Gasteiger partial charge in [0.15, 0.2) is 0 Å². The van der Waals surface area contributed by atoms with Crippen LogP contribution in [0.2, 0.25) is 0 Å². The minimum Gasteiger partial charge on any atom is -0.350 e. The van der Waals surface area contributed by atoms with Gasteiger partial charge in [-0.25, -0.2) is 4.98 Å². The molecule has 0 aliphatic carbocycles. The maximum absolute atomic E-state index is 12.2. The van der Waals surface area contributed by atoms with Crippen molar-refractivity contribution in [2.24, 2.45) is 0 Å². The molecule has 2 heterocycles. The lowest BCUT2D eigenvalue weighted by atomic mass is 10.1. The van der Waals surface area contributed by atoms with Crippen molar-refractivity contribution in [3.05, 3.63) is 87.3 Å². The van der Waals surface area contributed by atoms with E-state index in [0.717, 1.165) is 5.56 Å². The summed E-state index contributed by atoms with van der Waals surface area (Å²) >= 11 is 0. The van der Waals surface area contributed by atoms with E-state index in [1.807, 2.05) is 30.3 Å². The highest BCUT2D eigenvalue weighted by molar-refractivity contribution is 5.93. The summed E-state index contributed by atoms with van der Waals surface area (Å²) in [4.78, 5) is 42.4. The summed E-state index contributed by atoms with van der Waals surface area (Å²) in [7, 11) is 0. The zero-order chi connectivity index (χ0) is 17.6. The van der Waals surface area contributed by atoms with Crippen LogP contribution in [0, 0.1) is 0 Å². The van der Waals surface area contributed by atoms with E-state index in [1.165, 1.54) is 29.2 Å². The number of aromatic nitrogens is 3. The maximum atomic E-state index is 12.2. The van der Waals surface area contributed by atoms with Gasteiger partial charge >= 0.3 is 0 Å². The molecule has 0 radical (unpaired) electrons. The molecule has 0 fully saturated rings. The summed E-state index contributed by atoms with van der Waals surface area (Å²) < 4.78 is 1.40. The number of benzene rings is 1. The molecule has 7 heteroatoms. The number of hydrogen-bond acceptors (Lipinski definition) is 4. The lowest BCUT2D eigenvalue weighted by molar-refractivity contribution is 0.0950. The first kappa shape index (κ1) is 16.4. The Morgan fingerprint density at radius 1 is 1.12 bits per heavy atom. The number of carbonyl (C=O) groups excluding carboxylic acids is 1. The van der Waals surface area contributed by atoms with Gasteiger partial charge in [-0.2, -0.15) is 0 Å². The third-order valence-electron chi connectivity index (χ3n) is 3.65. The van der Waals surface area contributed by atoms with Crippen LogP contribution in [0.4, 0.5) is 0 Å². The predicted octanol–water partition coefficient (Wildman–Crippen LogP) is 1.03. The van der Waals surface area contributed by atoms with Crippen molar-refractivity contribution in [3.63, 3.8) is 0 Å². The molecule has 25 heavy (non-hydrogen) atoms. The van der Waals surface area contributed by atoms with Crippen LogP contribution in [0.3, 0.4) is 0 Å². The zero-order valence-corrected chi connectivity index (χ0v) is 13.3. The van der Waals surface area contributed by atoms with Gasteiger partial charge < -0.3 is 10.3 Å². The highest BCUT2D eigenvalue weighted by Crippen LogP contribution is 2.13. The standard InChI is InChI=1S/C18H16N4O3/c23-16-11-15(13-5-2-1-3-6-13)21-12-22(16)10-9-20-18(25)14-7-4-8-19-17(14)24/h1-8,11-12H,9-10H2,(H,19,24)(H,20,25). The van der Waals surface area contributed by atoms with Crippen molar-refractivity contribution in [2.75, 3.05) is 6.54 Å². The fourth-order valence-corrected chi connectivity index (χ4v) is 2.35. The Hall–Kier alpha value is -3.48. The SMILES string of the molecule is O=C(NCCn1cnc(-c2ccccc2)cc1=O)c1ccc[nH]c1=O. The summed E-state index contributed by atoms with van der Waals surface area (Å²) in [6.07, 6.45) is 2.91. The highest BCUT2D eigenvalue weighted by atomic mass is 16.2. The van der Waals surface area contributed by atoms with Crippen LogP contribution in [-0.4, -0.2) is 27.0 Å². The third-order valence-corrected chi connectivity index (χ3v) is 3.65. The van der Waals surface area contributed by atoms with Crippen LogP contribution in [0.1, 0.15) is 10.4 Å². The first-order valence-electron chi connectivity index (χ1n) is 7.73. The van der Waals surface area contributed by atoms with Crippen LogP contribution < -0.4 is 16.4 Å². The average Bonchev–Trinajstić information content (AvgIpc) is 2.64. The first-order chi connectivity index (χ1) is 12.1. The fourth-order valence-electron chi connectivity index (χ4n) is 2.35. The van der Waals surface area contributed by atoms with Gasteiger partial charge in [0.05, 0.1) is 12.0 Å². The zero-order valence-electron chi connectivity index (χ0n) is 13.3. The van der Waals surface area contributed by atoms with Crippen molar-refractivity contribution in [1.82, 2.24) is 19.9 Å². The number of H-pyrrole nitrogens is 1. The molecule has 0 saturated carbocycles. The normalized spacial score (nSPS) is 10.4. The van der Waals surface area contributed by atoms with Gasteiger partial charge in [0.25, 0.3) is 17.0 Å². The number of hydrogen-bond donors (Lipinski definition) is 2. The van der Waals surface area contributed by atoms with E-state index in [4.69, 9.17) is 0 Å². The van der Waals surface area contributed by atoms with E-state index in [-0.39, 0.29) is 24.2 Å². The minimum absolute atomic E-state index is 0.0346. The van der Waals surface area contributed by atoms with Crippen LogP contribution >= 0.6 is 0 Å². The third kappa shape index (κ3) is 3.89. The number of nitrogens with zero attached hydrogens (tertiary/aromatic N) is 2. The quantitative estimate of drug-likeness (QED) is 0.727. The highest BCUT2D eigenvalue weighted by Gasteiger charge is 2.09. The van der Waals surface area contributed by atoms with Crippen LogP contribution in [-0.2, 0) is 6.54 Å². The van der Waals surface area contributed by atoms with E-state index < -0.39 is 11.5 Å². The topological polar surface area (TPSA) is 96.8 Å². The Balaban J connectivity index is 1.64. The second-order valence-electron chi connectivity index (χ2n) is 5.34. The molecule has 126 valence electrons. The Morgan fingerprint density at radius 3 is 2.64 bits per heavy atom. The Morgan fingerprint density at radius 2 is 1.92 bits per heavy atom. The maximum Gasteiger partial charge on any atom is 0.260 e.